The molecule has 0 bridgehead atoms. The second-order valence-corrected chi connectivity index (χ2v) is 4.48. The first-order valence-electron chi connectivity index (χ1n) is 5.31. The van der Waals surface area contributed by atoms with Crippen molar-refractivity contribution >= 4 is 23.2 Å². The Morgan fingerprint density at radius 1 is 1.33 bits per heavy atom. The molecular formula is C12H10Cl2N2O2. The van der Waals surface area contributed by atoms with Gasteiger partial charge in [-0.2, -0.15) is 4.98 Å². The highest BCUT2D eigenvalue weighted by Gasteiger charge is 2.14. The summed E-state index contributed by atoms with van der Waals surface area (Å²) in [5, 5.41) is 10.4. The van der Waals surface area contributed by atoms with E-state index in [9.17, 15) is 9.90 Å². The monoisotopic (exact) mass is 284 g/mol. The molecule has 1 heterocycles. The van der Waals surface area contributed by atoms with Crippen LogP contribution in [-0.4, -0.2) is 15.1 Å². The topological polar surface area (TPSA) is 66.0 Å². The Labute approximate surface area is 113 Å². The SMILES string of the molecule is CCc1c(O)nc(-c2c(Cl)cccc2Cl)[nH]c1=O. The second kappa shape index (κ2) is 5.00. The molecule has 0 saturated carbocycles. The van der Waals surface area contributed by atoms with Gasteiger partial charge in [0, 0.05) is 0 Å². The van der Waals surface area contributed by atoms with E-state index < -0.39 is 5.56 Å². The third kappa shape index (κ3) is 2.21. The fraction of sp³-hybridized carbons (Fsp3) is 0.167. The lowest BCUT2D eigenvalue weighted by Crippen LogP contribution is -2.14. The number of H-pyrrole nitrogens is 1. The van der Waals surface area contributed by atoms with Gasteiger partial charge in [-0.05, 0) is 18.6 Å². The van der Waals surface area contributed by atoms with Crippen LogP contribution in [0.5, 0.6) is 5.88 Å². The summed E-state index contributed by atoms with van der Waals surface area (Å²) in [4.78, 5) is 18.2. The molecule has 1 aromatic heterocycles. The summed E-state index contributed by atoms with van der Waals surface area (Å²) in [5.74, 6) is -0.141. The van der Waals surface area contributed by atoms with Crippen molar-refractivity contribution in [1.82, 2.24) is 9.97 Å². The molecule has 94 valence electrons. The number of nitrogens with zero attached hydrogens (tertiary/aromatic N) is 1. The van der Waals surface area contributed by atoms with Crippen LogP contribution in [0.1, 0.15) is 12.5 Å². The Bertz CT molecular complexity index is 633. The summed E-state index contributed by atoms with van der Waals surface area (Å²) in [6.45, 7) is 1.76. The van der Waals surface area contributed by atoms with Gasteiger partial charge in [-0.15, -0.1) is 0 Å². The first kappa shape index (κ1) is 12.9. The first-order valence-corrected chi connectivity index (χ1v) is 6.06. The quantitative estimate of drug-likeness (QED) is 0.891. The molecule has 18 heavy (non-hydrogen) atoms. The molecule has 0 amide bonds. The van der Waals surface area contributed by atoms with E-state index in [1.54, 1.807) is 25.1 Å². The highest BCUT2D eigenvalue weighted by atomic mass is 35.5. The van der Waals surface area contributed by atoms with Crippen LogP contribution in [-0.2, 0) is 6.42 Å². The largest absolute Gasteiger partial charge is 0.493 e. The molecule has 0 spiro atoms. The fourth-order valence-corrected chi connectivity index (χ4v) is 2.22. The molecule has 0 fully saturated rings. The average molecular weight is 285 g/mol. The first-order chi connectivity index (χ1) is 8.54. The van der Waals surface area contributed by atoms with Crippen molar-refractivity contribution in [2.24, 2.45) is 0 Å². The number of hydrogen-bond acceptors (Lipinski definition) is 3. The van der Waals surface area contributed by atoms with Crippen LogP contribution in [0.15, 0.2) is 23.0 Å². The number of halogens is 2. The average Bonchev–Trinajstić information content (AvgIpc) is 2.28. The van der Waals surface area contributed by atoms with Crippen LogP contribution >= 0.6 is 23.2 Å². The number of hydrogen-bond donors (Lipinski definition) is 2. The lowest BCUT2D eigenvalue weighted by atomic mass is 10.2. The molecule has 2 rings (SSSR count). The molecule has 1 aromatic carbocycles. The molecule has 0 aliphatic carbocycles. The van der Waals surface area contributed by atoms with Gasteiger partial charge < -0.3 is 10.1 Å². The Balaban J connectivity index is 2.70. The van der Waals surface area contributed by atoms with Gasteiger partial charge in [0.05, 0.1) is 21.2 Å². The minimum absolute atomic E-state index is 0.158. The molecule has 4 nitrogen and oxygen atoms in total. The molecule has 6 heteroatoms. The molecular weight excluding hydrogens is 275 g/mol. The Morgan fingerprint density at radius 2 is 1.94 bits per heavy atom. The summed E-state index contributed by atoms with van der Waals surface area (Å²) in [5.41, 5.74) is 0.244. The molecule has 2 aromatic rings. The van der Waals surface area contributed by atoms with E-state index in [4.69, 9.17) is 23.2 Å². The standard InChI is InChI=1S/C12H10Cl2N2O2/c1-2-6-11(17)15-10(16-12(6)18)9-7(13)4-3-5-8(9)14/h3-5H,2H2,1H3,(H2,15,16,17,18). The van der Waals surface area contributed by atoms with Crippen molar-refractivity contribution in [3.05, 3.63) is 44.2 Å². The zero-order valence-electron chi connectivity index (χ0n) is 9.50. The van der Waals surface area contributed by atoms with E-state index >= 15 is 0 Å². The van der Waals surface area contributed by atoms with Gasteiger partial charge in [0.25, 0.3) is 5.56 Å². The number of aromatic amines is 1. The van der Waals surface area contributed by atoms with Crippen LogP contribution < -0.4 is 5.56 Å². The number of aromatic nitrogens is 2. The van der Waals surface area contributed by atoms with Crippen molar-refractivity contribution in [1.29, 1.82) is 0 Å². The van der Waals surface area contributed by atoms with Crippen LogP contribution in [0, 0.1) is 0 Å². The van der Waals surface area contributed by atoms with Crippen LogP contribution in [0.25, 0.3) is 11.4 Å². The summed E-state index contributed by atoms with van der Waals surface area (Å²) in [6.07, 6.45) is 0.394. The molecule has 0 atom stereocenters. The fourth-order valence-electron chi connectivity index (χ4n) is 1.65. The highest BCUT2D eigenvalue weighted by molar-refractivity contribution is 6.38. The van der Waals surface area contributed by atoms with E-state index in [1.807, 2.05) is 0 Å². The van der Waals surface area contributed by atoms with Gasteiger partial charge in [-0.25, -0.2) is 0 Å². The predicted octanol–water partition coefficient (Wildman–Crippen LogP) is 3.01. The predicted molar refractivity (Wildman–Crippen MR) is 71.4 cm³/mol. The molecule has 0 radical (unpaired) electrons. The number of benzene rings is 1. The summed E-state index contributed by atoms with van der Waals surface area (Å²) in [7, 11) is 0. The Kier molecular flexibility index (Phi) is 3.59. The van der Waals surface area contributed by atoms with Gasteiger partial charge in [-0.1, -0.05) is 36.2 Å². The Morgan fingerprint density at radius 3 is 2.44 bits per heavy atom. The van der Waals surface area contributed by atoms with Crippen molar-refractivity contribution in [2.45, 2.75) is 13.3 Å². The van der Waals surface area contributed by atoms with E-state index in [0.717, 1.165) is 0 Å². The minimum atomic E-state index is -0.393. The number of aromatic hydroxyl groups is 1. The lowest BCUT2D eigenvalue weighted by molar-refractivity contribution is 0.444. The number of nitrogens with one attached hydrogen (secondary N) is 1. The van der Waals surface area contributed by atoms with Crippen molar-refractivity contribution < 1.29 is 5.11 Å². The maximum Gasteiger partial charge on any atom is 0.258 e. The van der Waals surface area contributed by atoms with Gasteiger partial charge in [-0.3, -0.25) is 4.79 Å². The molecule has 0 unspecified atom stereocenters. The van der Waals surface area contributed by atoms with Crippen LogP contribution in [0.4, 0.5) is 0 Å². The molecule has 0 saturated heterocycles. The van der Waals surface area contributed by atoms with Crippen molar-refractivity contribution in [3.8, 4) is 17.3 Å². The van der Waals surface area contributed by atoms with Crippen LogP contribution in [0.2, 0.25) is 10.0 Å². The third-order valence-corrected chi connectivity index (χ3v) is 3.18. The van der Waals surface area contributed by atoms with Gasteiger partial charge >= 0.3 is 0 Å². The minimum Gasteiger partial charge on any atom is -0.493 e. The van der Waals surface area contributed by atoms with Crippen LogP contribution in [0.3, 0.4) is 0 Å². The smallest absolute Gasteiger partial charge is 0.258 e. The summed E-state index contributed by atoms with van der Waals surface area (Å²) < 4.78 is 0. The summed E-state index contributed by atoms with van der Waals surface area (Å²) >= 11 is 12.0. The molecule has 2 N–H and O–H groups in total. The number of rotatable bonds is 2. The van der Waals surface area contributed by atoms with E-state index in [2.05, 4.69) is 9.97 Å². The highest BCUT2D eigenvalue weighted by Crippen LogP contribution is 2.32. The van der Waals surface area contributed by atoms with E-state index in [0.29, 0.717) is 22.0 Å². The zero-order valence-corrected chi connectivity index (χ0v) is 11.0. The maximum absolute atomic E-state index is 11.7. The van der Waals surface area contributed by atoms with Gasteiger partial charge in [0.2, 0.25) is 5.88 Å². The second-order valence-electron chi connectivity index (χ2n) is 3.67. The Hall–Kier alpha value is -1.52. The summed E-state index contributed by atoms with van der Waals surface area (Å²) in [6, 6.07) is 4.95. The van der Waals surface area contributed by atoms with E-state index in [-0.39, 0.29) is 17.3 Å². The molecule has 0 aliphatic heterocycles. The van der Waals surface area contributed by atoms with E-state index in [1.165, 1.54) is 0 Å². The lowest BCUT2D eigenvalue weighted by Gasteiger charge is -2.07. The van der Waals surface area contributed by atoms with Gasteiger partial charge in [0.15, 0.2) is 0 Å². The van der Waals surface area contributed by atoms with Gasteiger partial charge in [0.1, 0.15) is 5.82 Å². The van der Waals surface area contributed by atoms with Crippen molar-refractivity contribution in [2.75, 3.05) is 0 Å². The normalized spacial score (nSPS) is 10.6. The maximum atomic E-state index is 11.7. The van der Waals surface area contributed by atoms with Crippen molar-refractivity contribution in [3.63, 3.8) is 0 Å². The third-order valence-electron chi connectivity index (χ3n) is 2.55. The zero-order chi connectivity index (χ0) is 13.3. The molecule has 0 aliphatic rings.